The highest BCUT2D eigenvalue weighted by molar-refractivity contribution is 7.99. The van der Waals surface area contributed by atoms with Gasteiger partial charge >= 0.3 is 0 Å². The lowest BCUT2D eigenvalue weighted by Crippen LogP contribution is -2.15. The first-order valence-corrected chi connectivity index (χ1v) is 12.0. The molecule has 0 aliphatic rings. The molecule has 1 amide bonds. The van der Waals surface area contributed by atoms with Crippen LogP contribution in [0.5, 0.6) is 5.75 Å². The smallest absolute Gasteiger partial charge is 0.234 e. The number of amides is 1. The number of anilines is 1. The average Bonchev–Trinajstić information content (AvgIpc) is 3.17. The largest absolute Gasteiger partial charge is 0.481 e. The maximum Gasteiger partial charge on any atom is 0.234 e. The van der Waals surface area contributed by atoms with Crippen LogP contribution in [0.4, 0.5) is 5.69 Å². The Balaban J connectivity index is 1.63. The van der Waals surface area contributed by atoms with Crippen molar-refractivity contribution in [3.63, 3.8) is 0 Å². The zero-order chi connectivity index (χ0) is 21.5. The first kappa shape index (κ1) is 22.5. The molecule has 30 heavy (non-hydrogen) atoms. The second-order valence-electron chi connectivity index (χ2n) is 6.34. The van der Waals surface area contributed by atoms with Crippen LogP contribution in [0.15, 0.2) is 58.6 Å². The molecule has 0 saturated heterocycles. The number of nitrogens with one attached hydrogen (secondary N) is 1. The van der Waals surface area contributed by atoms with Crippen molar-refractivity contribution < 1.29 is 9.53 Å². The van der Waals surface area contributed by atoms with Crippen molar-refractivity contribution in [2.24, 2.45) is 0 Å². The third-order valence-electron chi connectivity index (χ3n) is 4.25. The number of aromatic nitrogens is 3. The molecule has 2 aromatic carbocycles. The molecule has 0 spiro atoms. The number of hydrogen-bond acceptors (Lipinski definition) is 6. The summed E-state index contributed by atoms with van der Waals surface area (Å²) in [6.45, 7) is 4.57. The first-order valence-electron chi connectivity index (χ1n) is 9.42. The van der Waals surface area contributed by atoms with E-state index in [0.29, 0.717) is 28.3 Å². The summed E-state index contributed by atoms with van der Waals surface area (Å²) in [6.07, 6.45) is 1.66. The van der Waals surface area contributed by atoms with E-state index < -0.39 is 0 Å². The quantitative estimate of drug-likeness (QED) is 0.421. The van der Waals surface area contributed by atoms with Gasteiger partial charge in [0.25, 0.3) is 0 Å². The molecule has 9 heteroatoms. The molecule has 3 aromatic rings. The Kier molecular flexibility index (Phi) is 8.07. The highest BCUT2D eigenvalue weighted by atomic mass is 35.5. The number of benzene rings is 2. The average molecular weight is 463 g/mol. The molecule has 0 saturated carbocycles. The predicted octanol–water partition coefficient (Wildman–Crippen LogP) is 5.54. The standard InChI is InChI=1S/C21H23ClN4O2S2/c1-4-26-20(14(2)28-18-11-6-5-10-17(18)22)24-25-21(26)30-13-19(27)23-15-8-7-9-16(12-15)29-3/h5-12,14H,4,13H2,1-3H3,(H,23,27). The van der Waals surface area contributed by atoms with E-state index in [1.165, 1.54) is 11.8 Å². The number of nitrogens with zero attached hydrogens (tertiary/aromatic N) is 3. The van der Waals surface area contributed by atoms with Crippen LogP contribution < -0.4 is 10.1 Å². The van der Waals surface area contributed by atoms with Crippen LogP contribution >= 0.6 is 35.1 Å². The third-order valence-corrected chi connectivity index (χ3v) is 6.26. The fraction of sp³-hybridized carbons (Fsp3) is 0.286. The topological polar surface area (TPSA) is 69.0 Å². The van der Waals surface area contributed by atoms with Gasteiger partial charge in [-0.05, 0) is 50.4 Å². The summed E-state index contributed by atoms with van der Waals surface area (Å²) >= 11 is 9.17. The lowest BCUT2D eigenvalue weighted by atomic mass is 10.3. The van der Waals surface area contributed by atoms with Gasteiger partial charge in [0.2, 0.25) is 5.91 Å². The van der Waals surface area contributed by atoms with Crippen LogP contribution in [0, 0.1) is 0 Å². The van der Waals surface area contributed by atoms with E-state index in [0.717, 1.165) is 10.6 Å². The summed E-state index contributed by atoms with van der Waals surface area (Å²) in [4.78, 5) is 13.5. The monoisotopic (exact) mass is 462 g/mol. The van der Waals surface area contributed by atoms with Gasteiger partial charge in [-0.3, -0.25) is 4.79 Å². The number of ether oxygens (including phenoxy) is 1. The first-order chi connectivity index (χ1) is 14.5. The van der Waals surface area contributed by atoms with E-state index in [1.807, 2.05) is 67.1 Å². The van der Waals surface area contributed by atoms with E-state index in [2.05, 4.69) is 15.5 Å². The Labute approximate surface area is 189 Å². The van der Waals surface area contributed by atoms with Gasteiger partial charge in [0.1, 0.15) is 5.75 Å². The van der Waals surface area contributed by atoms with Crippen LogP contribution in [0.25, 0.3) is 0 Å². The summed E-state index contributed by atoms with van der Waals surface area (Å²) in [5.74, 6) is 1.43. The fourth-order valence-corrected chi connectivity index (χ4v) is 4.27. The molecular weight excluding hydrogens is 440 g/mol. The van der Waals surface area contributed by atoms with Gasteiger partial charge in [0.15, 0.2) is 17.1 Å². The number of carbonyl (C=O) groups is 1. The van der Waals surface area contributed by atoms with Gasteiger partial charge in [0.05, 0.1) is 10.8 Å². The Morgan fingerprint density at radius 3 is 2.77 bits per heavy atom. The molecule has 0 bridgehead atoms. The van der Waals surface area contributed by atoms with Gasteiger partial charge in [-0.15, -0.1) is 22.0 Å². The number of carbonyl (C=O) groups excluding carboxylic acids is 1. The summed E-state index contributed by atoms with van der Waals surface area (Å²) in [5.41, 5.74) is 0.784. The maximum absolute atomic E-state index is 12.4. The molecule has 1 aromatic heterocycles. The molecule has 0 aliphatic heterocycles. The van der Waals surface area contributed by atoms with Gasteiger partial charge < -0.3 is 14.6 Å². The predicted molar refractivity (Wildman–Crippen MR) is 124 cm³/mol. The fourth-order valence-electron chi connectivity index (χ4n) is 2.82. The highest BCUT2D eigenvalue weighted by Gasteiger charge is 2.20. The summed E-state index contributed by atoms with van der Waals surface area (Å²) in [6, 6.07) is 15.1. The second-order valence-corrected chi connectivity index (χ2v) is 8.57. The molecule has 1 N–H and O–H groups in total. The number of hydrogen-bond donors (Lipinski definition) is 1. The van der Waals surface area contributed by atoms with Crippen molar-refractivity contribution in [2.45, 2.75) is 36.5 Å². The van der Waals surface area contributed by atoms with Crippen molar-refractivity contribution in [3.8, 4) is 5.75 Å². The van der Waals surface area contributed by atoms with Crippen LogP contribution in [0.2, 0.25) is 5.02 Å². The van der Waals surface area contributed by atoms with Crippen LogP contribution in [0.3, 0.4) is 0 Å². The van der Waals surface area contributed by atoms with E-state index in [-0.39, 0.29) is 17.8 Å². The minimum atomic E-state index is -0.338. The van der Waals surface area contributed by atoms with Crippen molar-refractivity contribution >= 4 is 46.7 Å². The maximum atomic E-state index is 12.4. The highest BCUT2D eigenvalue weighted by Crippen LogP contribution is 2.29. The van der Waals surface area contributed by atoms with Gasteiger partial charge in [-0.25, -0.2) is 0 Å². The molecular formula is C21H23ClN4O2S2. The lowest BCUT2D eigenvalue weighted by molar-refractivity contribution is -0.113. The van der Waals surface area contributed by atoms with E-state index >= 15 is 0 Å². The van der Waals surface area contributed by atoms with E-state index in [1.54, 1.807) is 17.8 Å². The Hall–Kier alpha value is -2.16. The Bertz CT molecular complexity index is 1010. The molecule has 1 unspecified atom stereocenters. The molecule has 1 heterocycles. The Morgan fingerprint density at radius 1 is 1.23 bits per heavy atom. The van der Waals surface area contributed by atoms with E-state index in [4.69, 9.17) is 16.3 Å². The molecule has 158 valence electrons. The second kappa shape index (κ2) is 10.7. The molecule has 0 radical (unpaired) electrons. The van der Waals surface area contributed by atoms with Crippen molar-refractivity contribution in [2.75, 3.05) is 17.3 Å². The number of thioether (sulfide) groups is 2. The minimum Gasteiger partial charge on any atom is -0.481 e. The Morgan fingerprint density at radius 2 is 2.03 bits per heavy atom. The van der Waals surface area contributed by atoms with Crippen molar-refractivity contribution in [3.05, 3.63) is 59.4 Å². The van der Waals surface area contributed by atoms with Crippen LogP contribution in [-0.2, 0) is 11.3 Å². The normalized spacial score (nSPS) is 11.9. The molecule has 6 nitrogen and oxygen atoms in total. The van der Waals surface area contributed by atoms with Gasteiger partial charge in [0, 0.05) is 17.1 Å². The van der Waals surface area contributed by atoms with Crippen LogP contribution in [0.1, 0.15) is 25.8 Å². The van der Waals surface area contributed by atoms with Gasteiger partial charge in [-0.1, -0.05) is 41.6 Å². The zero-order valence-corrected chi connectivity index (χ0v) is 19.4. The third kappa shape index (κ3) is 5.71. The molecule has 3 rings (SSSR count). The molecule has 0 aliphatic carbocycles. The van der Waals surface area contributed by atoms with E-state index in [9.17, 15) is 4.79 Å². The zero-order valence-electron chi connectivity index (χ0n) is 17.0. The van der Waals surface area contributed by atoms with Crippen molar-refractivity contribution in [1.82, 2.24) is 14.8 Å². The van der Waals surface area contributed by atoms with Crippen LogP contribution in [-0.4, -0.2) is 32.7 Å². The minimum absolute atomic E-state index is 0.0918. The van der Waals surface area contributed by atoms with Gasteiger partial charge in [-0.2, -0.15) is 0 Å². The SMILES string of the molecule is CCn1c(SCC(=O)Nc2cccc(SC)c2)nnc1C(C)Oc1ccccc1Cl. The number of halogens is 1. The number of para-hydroxylation sites is 1. The summed E-state index contributed by atoms with van der Waals surface area (Å²) < 4.78 is 7.92. The lowest BCUT2D eigenvalue weighted by Gasteiger charge is -2.16. The molecule has 0 fully saturated rings. The molecule has 1 atom stereocenters. The summed E-state index contributed by atoms with van der Waals surface area (Å²) in [5, 5.41) is 12.7. The number of rotatable bonds is 9. The van der Waals surface area contributed by atoms with Crippen molar-refractivity contribution in [1.29, 1.82) is 0 Å². The summed E-state index contributed by atoms with van der Waals surface area (Å²) in [7, 11) is 0.